The number of aromatic nitrogens is 2. The Bertz CT molecular complexity index is 930. The molecule has 26 heavy (non-hydrogen) atoms. The second-order valence-electron chi connectivity index (χ2n) is 5.27. The number of anilines is 2. The fourth-order valence-electron chi connectivity index (χ4n) is 2.22. The maximum absolute atomic E-state index is 12.1. The van der Waals surface area contributed by atoms with Gasteiger partial charge in [-0.25, -0.2) is 9.78 Å². The molecule has 0 atom stereocenters. The first kappa shape index (κ1) is 18.0. The van der Waals surface area contributed by atoms with E-state index in [-0.39, 0.29) is 12.5 Å². The highest BCUT2D eigenvalue weighted by Gasteiger charge is 2.18. The summed E-state index contributed by atoms with van der Waals surface area (Å²) in [6.07, 6.45) is 3.04. The van der Waals surface area contributed by atoms with Crippen LogP contribution in [-0.4, -0.2) is 21.8 Å². The molecule has 3 aromatic rings. The van der Waals surface area contributed by atoms with Crippen molar-refractivity contribution in [2.24, 2.45) is 0 Å². The first-order valence-corrected chi connectivity index (χ1v) is 8.88. The fourth-order valence-corrected chi connectivity index (χ4v) is 3.27. The van der Waals surface area contributed by atoms with E-state index in [9.17, 15) is 9.59 Å². The average molecular weight is 388 g/mol. The quantitative estimate of drug-likeness (QED) is 0.612. The first-order valence-electron chi connectivity index (χ1n) is 7.62. The summed E-state index contributed by atoms with van der Waals surface area (Å²) in [6.45, 7) is 1.46. The zero-order chi connectivity index (χ0) is 18.5. The molecule has 6 nitrogen and oxygen atoms in total. The Kier molecular flexibility index (Phi) is 5.60. The molecule has 2 aromatic heterocycles. The largest absolute Gasteiger partial charge is 0.456 e. The number of pyridine rings is 1. The highest BCUT2D eigenvalue weighted by molar-refractivity contribution is 7.14. The maximum atomic E-state index is 12.1. The molecule has 0 saturated carbocycles. The second-order valence-corrected chi connectivity index (χ2v) is 6.54. The molecular weight excluding hydrogens is 374 g/mol. The summed E-state index contributed by atoms with van der Waals surface area (Å²) in [5, 5.41) is 2.75. The van der Waals surface area contributed by atoms with Gasteiger partial charge in [-0.3, -0.25) is 14.7 Å². The first-order chi connectivity index (χ1) is 12.5. The van der Waals surface area contributed by atoms with E-state index in [1.165, 1.54) is 35.6 Å². The molecule has 0 aliphatic rings. The lowest BCUT2D eigenvalue weighted by Gasteiger charge is -2.18. The van der Waals surface area contributed by atoms with Crippen LogP contribution in [0.4, 0.5) is 10.8 Å². The van der Waals surface area contributed by atoms with E-state index in [0.29, 0.717) is 27.1 Å². The number of benzene rings is 1. The molecule has 0 fully saturated rings. The molecule has 3 rings (SSSR count). The number of halogens is 1. The van der Waals surface area contributed by atoms with Gasteiger partial charge in [-0.05, 0) is 30.3 Å². The Labute approximate surface area is 159 Å². The van der Waals surface area contributed by atoms with Gasteiger partial charge in [0.15, 0.2) is 5.13 Å². The Balaban J connectivity index is 1.73. The number of amides is 1. The minimum Gasteiger partial charge on any atom is -0.456 e. The zero-order valence-corrected chi connectivity index (χ0v) is 15.3. The molecule has 0 unspecified atom stereocenters. The summed E-state index contributed by atoms with van der Waals surface area (Å²) < 4.78 is 5.25. The molecule has 1 aromatic carbocycles. The highest BCUT2D eigenvalue weighted by atomic mass is 35.5. The normalized spacial score (nSPS) is 10.4. The molecule has 0 aliphatic heterocycles. The summed E-state index contributed by atoms with van der Waals surface area (Å²) in [5.74, 6) is -0.651. The lowest BCUT2D eigenvalue weighted by molar-refractivity contribution is -0.115. The van der Waals surface area contributed by atoms with Crippen molar-refractivity contribution in [3.8, 4) is 0 Å². The molecule has 8 heteroatoms. The van der Waals surface area contributed by atoms with Crippen molar-refractivity contribution in [1.82, 2.24) is 9.97 Å². The van der Waals surface area contributed by atoms with Crippen LogP contribution in [0, 0.1) is 0 Å². The topological polar surface area (TPSA) is 72.4 Å². The third-order valence-corrected chi connectivity index (χ3v) is 4.49. The van der Waals surface area contributed by atoms with Gasteiger partial charge >= 0.3 is 5.97 Å². The van der Waals surface area contributed by atoms with Crippen molar-refractivity contribution in [2.75, 3.05) is 4.90 Å². The second kappa shape index (κ2) is 8.07. The van der Waals surface area contributed by atoms with Crippen molar-refractivity contribution < 1.29 is 14.3 Å². The van der Waals surface area contributed by atoms with E-state index in [1.54, 1.807) is 41.8 Å². The van der Waals surface area contributed by atoms with Gasteiger partial charge in [-0.15, -0.1) is 11.3 Å². The number of carbonyl (C=O) groups is 2. The number of ether oxygens (including phenoxy) is 1. The van der Waals surface area contributed by atoms with Crippen LogP contribution in [0.5, 0.6) is 0 Å². The summed E-state index contributed by atoms with van der Waals surface area (Å²) >= 11 is 7.30. The van der Waals surface area contributed by atoms with Crippen LogP contribution >= 0.6 is 22.9 Å². The van der Waals surface area contributed by atoms with Crippen molar-refractivity contribution >= 4 is 45.6 Å². The molecule has 2 heterocycles. The van der Waals surface area contributed by atoms with Gasteiger partial charge in [0.25, 0.3) is 0 Å². The number of carbonyl (C=O) groups excluding carboxylic acids is 2. The number of rotatable bonds is 5. The number of esters is 1. The summed E-state index contributed by atoms with van der Waals surface area (Å²) in [6, 6.07) is 10.1. The molecule has 0 saturated heterocycles. The Hall–Kier alpha value is -2.77. The smallest absolute Gasteiger partial charge is 0.338 e. The van der Waals surface area contributed by atoms with Gasteiger partial charge in [0.2, 0.25) is 5.91 Å². The van der Waals surface area contributed by atoms with Crippen LogP contribution in [-0.2, 0) is 16.1 Å². The fraction of sp³-hybridized carbons (Fsp3) is 0.111. The molecular formula is C18H14ClN3O3S. The van der Waals surface area contributed by atoms with E-state index < -0.39 is 5.97 Å². The SMILES string of the molecule is CC(=O)N(c1cccc(Cl)c1)c1nc(COC(=O)c2ccncc2)cs1. The van der Waals surface area contributed by atoms with E-state index in [0.717, 1.165) is 0 Å². The van der Waals surface area contributed by atoms with Gasteiger partial charge in [-0.1, -0.05) is 17.7 Å². The highest BCUT2D eigenvalue weighted by Crippen LogP contribution is 2.30. The van der Waals surface area contributed by atoms with Crippen LogP contribution in [0.25, 0.3) is 0 Å². The number of hydrogen-bond donors (Lipinski definition) is 0. The van der Waals surface area contributed by atoms with Crippen LogP contribution in [0.2, 0.25) is 5.02 Å². The molecule has 0 aliphatic carbocycles. The van der Waals surface area contributed by atoms with Crippen molar-refractivity contribution in [3.05, 3.63) is 70.5 Å². The number of thiazole rings is 1. The predicted octanol–water partition coefficient (Wildman–Crippen LogP) is 4.23. The Morgan fingerprint density at radius 1 is 1.23 bits per heavy atom. The lowest BCUT2D eigenvalue weighted by Crippen LogP contribution is -2.22. The van der Waals surface area contributed by atoms with Gasteiger partial charge in [0, 0.05) is 29.7 Å². The monoisotopic (exact) mass is 387 g/mol. The molecule has 0 N–H and O–H groups in total. The molecule has 0 bridgehead atoms. The average Bonchev–Trinajstić information content (AvgIpc) is 3.09. The summed E-state index contributed by atoms with van der Waals surface area (Å²) in [4.78, 5) is 33.8. The van der Waals surface area contributed by atoms with E-state index in [4.69, 9.17) is 16.3 Å². The lowest BCUT2D eigenvalue weighted by atomic mass is 10.3. The zero-order valence-electron chi connectivity index (χ0n) is 13.8. The molecule has 0 radical (unpaired) electrons. The molecule has 1 amide bonds. The third-order valence-electron chi connectivity index (χ3n) is 3.38. The van der Waals surface area contributed by atoms with Gasteiger partial charge in [0.1, 0.15) is 6.61 Å². The van der Waals surface area contributed by atoms with Crippen LogP contribution in [0.3, 0.4) is 0 Å². The van der Waals surface area contributed by atoms with Gasteiger partial charge in [-0.2, -0.15) is 0 Å². The third kappa shape index (κ3) is 4.25. The van der Waals surface area contributed by atoms with Gasteiger partial charge < -0.3 is 4.74 Å². The predicted molar refractivity (Wildman–Crippen MR) is 99.7 cm³/mol. The van der Waals surface area contributed by atoms with Crippen LogP contribution < -0.4 is 4.90 Å². The van der Waals surface area contributed by atoms with E-state index >= 15 is 0 Å². The number of nitrogens with zero attached hydrogens (tertiary/aromatic N) is 3. The Morgan fingerprint density at radius 2 is 2.00 bits per heavy atom. The Morgan fingerprint density at radius 3 is 2.69 bits per heavy atom. The standard InChI is InChI=1S/C18H14ClN3O3S/c1-12(23)22(16-4-2-3-14(19)9-16)18-21-15(11-26-18)10-25-17(24)13-5-7-20-8-6-13/h2-9,11H,10H2,1H3. The van der Waals surface area contributed by atoms with Crippen molar-refractivity contribution in [2.45, 2.75) is 13.5 Å². The van der Waals surface area contributed by atoms with Crippen LogP contribution in [0.1, 0.15) is 23.0 Å². The maximum Gasteiger partial charge on any atom is 0.338 e. The van der Waals surface area contributed by atoms with Crippen molar-refractivity contribution in [1.29, 1.82) is 0 Å². The van der Waals surface area contributed by atoms with E-state index in [2.05, 4.69) is 9.97 Å². The van der Waals surface area contributed by atoms with Crippen LogP contribution in [0.15, 0.2) is 54.2 Å². The minimum absolute atomic E-state index is 0.0128. The van der Waals surface area contributed by atoms with Crippen molar-refractivity contribution in [3.63, 3.8) is 0 Å². The molecule has 132 valence electrons. The summed E-state index contributed by atoms with van der Waals surface area (Å²) in [5.41, 5.74) is 1.60. The van der Waals surface area contributed by atoms with Gasteiger partial charge in [0.05, 0.1) is 16.9 Å². The number of hydrogen-bond acceptors (Lipinski definition) is 6. The van der Waals surface area contributed by atoms with E-state index in [1.807, 2.05) is 0 Å². The summed E-state index contributed by atoms with van der Waals surface area (Å²) in [7, 11) is 0. The minimum atomic E-state index is -0.458. The molecule has 0 spiro atoms.